The number of aromatic nitrogens is 3. The third kappa shape index (κ3) is 3.11. The van der Waals surface area contributed by atoms with Crippen molar-refractivity contribution < 1.29 is 14.4 Å². The van der Waals surface area contributed by atoms with Crippen LogP contribution in [0.2, 0.25) is 0 Å². The molecule has 0 unspecified atom stereocenters. The zero-order valence-electron chi connectivity index (χ0n) is 15.2. The summed E-state index contributed by atoms with van der Waals surface area (Å²) in [7, 11) is 1.53. The molecular weight excluding hydrogens is 362 g/mol. The number of rotatable bonds is 4. The van der Waals surface area contributed by atoms with Gasteiger partial charge in [0, 0.05) is 13.6 Å². The van der Waals surface area contributed by atoms with Crippen molar-refractivity contribution in [3.05, 3.63) is 64.4 Å². The maximum Gasteiger partial charge on any atom is 0.297 e. The van der Waals surface area contributed by atoms with Crippen molar-refractivity contribution in [1.29, 1.82) is 0 Å². The van der Waals surface area contributed by atoms with Crippen LogP contribution < -0.4 is 15.8 Å². The van der Waals surface area contributed by atoms with Crippen LogP contribution in [0, 0.1) is 0 Å². The summed E-state index contributed by atoms with van der Waals surface area (Å²) in [6.07, 6.45) is 4.38. The largest absolute Gasteiger partial charge is 0.501 e. The van der Waals surface area contributed by atoms with Gasteiger partial charge in [-0.1, -0.05) is 35.5 Å². The molecule has 1 amide bonds. The second kappa shape index (κ2) is 7.18. The molecule has 0 radical (unpaired) electrons. The highest BCUT2D eigenvalue weighted by Gasteiger charge is 2.31. The maximum absolute atomic E-state index is 12.6. The Kier molecular flexibility index (Phi) is 4.56. The van der Waals surface area contributed by atoms with Crippen molar-refractivity contribution in [2.24, 2.45) is 7.05 Å². The molecule has 3 aromatic rings. The van der Waals surface area contributed by atoms with Crippen LogP contribution >= 0.6 is 0 Å². The van der Waals surface area contributed by atoms with Crippen LogP contribution in [0.15, 0.2) is 52.1 Å². The summed E-state index contributed by atoms with van der Waals surface area (Å²) in [5, 5.41) is 16.2. The molecule has 28 heavy (non-hydrogen) atoms. The zero-order valence-corrected chi connectivity index (χ0v) is 15.2. The molecule has 9 nitrogen and oxygen atoms in total. The summed E-state index contributed by atoms with van der Waals surface area (Å²) in [6.45, 7) is 0.692. The summed E-state index contributed by atoms with van der Waals surface area (Å²) >= 11 is 0. The average molecular weight is 381 g/mol. The Hall–Kier alpha value is -3.62. The fraction of sp³-hybridized carbons (Fsp3) is 0.263. The van der Waals surface area contributed by atoms with E-state index >= 15 is 0 Å². The van der Waals surface area contributed by atoms with Gasteiger partial charge in [0.1, 0.15) is 12.0 Å². The molecule has 0 spiro atoms. The predicted molar refractivity (Wildman–Crippen MR) is 101 cm³/mol. The van der Waals surface area contributed by atoms with Crippen molar-refractivity contribution in [3.63, 3.8) is 0 Å². The molecule has 1 aliphatic heterocycles. The maximum atomic E-state index is 12.6. The highest BCUT2D eigenvalue weighted by atomic mass is 16.5. The highest BCUT2D eigenvalue weighted by Crippen LogP contribution is 2.35. The zero-order chi connectivity index (χ0) is 19.7. The molecule has 1 aliphatic rings. The number of anilines is 2. The first-order valence-electron chi connectivity index (χ1n) is 8.88. The van der Waals surface area contributed by atoms with Crippen molar-refractivity contribution in [3.8, 4) is 5.75 Å². The average Bonchev–Trinajstić information content (AvgIpc) is 3.39. The van der Waals surface area contributed by atoms with Crippen LogP contribution in [0.5, 0.6) is 5.75 Å². The Morgan fingerprint density at radius 2 is 2.11 bits per heavy atom. The molecular formula is C19H19N5O4. The van der Waals surface area contributed by atoms with Crippen molar-refractivity contribution in [2.75, 3.05) is 16.8 Å². The van der Waals surface area contributed by atoms with E-state index in [1.807, 2.05) is 35.2 Å². The topological polar surface area (TPSA) is 113 Å². The molecule has 3 heterocycles. The molecule has 0 bridgehead atoms. The lowest BCUT2D eigenvalue weighted by atomic mass is 10.1. The molecule has 2 N–H and O–H groups in total. The van der Waals surface area contributed by atoms with E-state index in [4.69, 9.17) is 0 Å². The summed E-state index contributed by atoms with van der Waals surface area (Å²) in [5.41, 5.74) is 0.395. The number of benzene rings is 1. The number of nitrogens with one attached hydrogen (secondary N) is 1. The van der Waals surface area contributed by atoms with E-state index in [-0.39, 0.29) is 11.7 Å². The van der Waals surface area contributed by atoms with E-state index in [0.29, 0.717) is 18.2 Å². The van der Waals surface area contributed by atoms with Gasteiger partial charge in [-0.25, -0.2) is 4.98 Å². The summed E-state index contributed by atoms with van der Waals surface area (Å²) < 4.78 is 5.94. The van der Waals surface area contributed by atoms with E-state index in [1.165, 1.54) is 24.1 Å². The lowest BCUT2D eigenvalue weighted by molar-refractivity contribution is 0.101. The Morgan fingerprint density at radius 3 is 2.82 bits per heavy atom. The molecule has 1 aromatic carbocycles. The molecule has 4 rings (SSSR count). The minimum atomic E-state index is -0.713. The van der Waals surface area contributed by atoms with Gasteiger partial charge in [0.25, 0.3) is 11.5 Å². The van der Waals surface area contributed by atoms with Gasteiger partial charge in [0.15, 0.2) is 5.69 Å². The normalized spacial score (nSPS) is 16.3. The Balaban J connectivity index is 1.74. The first-order chi connectivity index (χ1) is 13.6. The van der Waals surface area contributed by atoms with E-state index in [9.17, 15) is 14.7 Å². The predicted octanol–water partition coefficient (Wildman–Crippen LogP) is 2.07. The molecule has 1 fully saturated rings. The number of aromatic hydroxyl groups is 1. The second-order valence-electron chi connectivity index (χ2n) is 6.60. The van der Waals surface area contributed by atoms with Gasteiger partial charge in [-0.15, -0.1) is 0 Å². The van der Waals surface area contributed by atoms with Gasteiger partial charge >= 0.3 is 0 Å². The SMILES string of the molecule is Cn1c(N2CCC[C@@H]2c2ccccc2)nc(C(=O)Nc2cnoc2)c(O)c1=O. The quantitative estimate of drug-likeness (QED) is 0.711. The molecule has 0 saturated carbocycles. The smallest absolute Gasteiger partial charge is 0.297 e. The van der Waals surface area contributed by atoms with E-state index < -0.39 is 17.2 Å². The highest BCUT2D eigenvalue weighted by molar-refractivity contribution is 6.04. The fourth-order valence-corrected chi connectivity index (χ4v) is 3.48. The van der Waals surface area contributed by atoms with Crippen molar-refractivity contribution >= 4 is 17.5 Å². The lowest BCUT2D eigenvalue weighted by Crippen LogP contribution is -2.33. The van der Waals surface area contributed by atoms with E-state index in [2.05, 4.69) is 20.0 Å². The van der Waals surface area contributed by atoms with Crippen LogP contribution in [-0.2, 0) is 7.05 Å². The molecule has 1 saturated heterocycles. The second-order valence-corrected chi connectivity index (χ2v) is 6.60. The van der Waals surface area contributed by atoms with Gasteiger partial charge in [0.05, 0.1) is 12.2 Å². The van der Waals surface area contributed by atoms with Gasteiger partial charge in [-0.2, -0.15) is 0 Å². The van der Waals surface area contributed by atoms with Gasteiger partial charge < -0.3 is 19.8 Å². The van der Waals surface area contributed by atoms with Crippen LogP contribution in [0.4, 0.5) is 11.6 Å². The minimum Gasteiger partial charge on any atom is -0.501 e. The van der Waals surface area contributed by atoms with Crippen LogP contribution in [-0.4, -0.2) is 32.3 Å². The molecule has 2 aromatic heterocycles. The number of carbonyl (C=O) groups is 1. The van der Waals surface area contributed by atoms with Gasteiger partial charge in [0.2, 0.25) is 11.7 Å². The minimum absolute atomic E-state index is 0.0397. The lowest BCUT2D eigenvalue weighted by Gasteiger charge is -2.27. The Bertz CT molecular complexity index is 1050. The summed E-state index contributed by atoms with van der Waals surface area (Å²) in [4.78, 5) is 31.4. The third-order valence-corrected chi connectivity index (χ3v) is 4.84. The van der Waals surface area contributed by atoms with Crippen LogP contribution in [0.3, 0.4) is 0 Å². The monoisotopic (exact) mass is 381 g/mol. The number of nitrogens with zero attached hydrogens (tertiary/aromatic N) is 4. The van der Waals surface area contributed by atoms with Gasteiger partial charge in [-0.05, 0) is 18.4 Å². The molecule has 1 atom stereocenters. The first-order valence-corrected chi connectivity index (χ1v) is 8.88. The number of carbonyl (C=O) groups excluding carboxylic acids is 1. The van der Waals surface area contributed by atoms with E-state index in [0.717, 1.165) is 18.4 Å². The van der Waals surface area contributed by atoms with Gasteiger partial charge in [-0.3, -0.25) is 14.2 Å². The summed E-state index contributed by atoms with van der Waals surface area (Å²) in [6, 6.07) is 9.98. The summed E-state index contributed by atoms with van der Waals surface area (Å²) in [5.74, 6) is -1.07. The molecule has 0 aliphatic carbocycles. The molecule has 9 heteroatoms. The van der Waals surface area contributed by atoms with Crippen LogP contribution in [0.1, 0.15) is 34.9 Å². The Morgan fingerprint density at radius 1 is 1.32 bits per heavy atom. The first kappa shape index (κ1) is 17.8. The number of hydrogen-bond donors (Lipinski definition) is 2. The molecule has 144 valence electrons. The third-order valence-electron chi connectivity index (χ3n) is 4.84. The van der Waals surface area contributed by atoms with Crippen LogP contribution in [0.25, 0.3) is 0 Å². The standard InChI is InChI=1S/C19H19N5O4/c1-23-18(27)16(25)15(17(26)21-13-10-20-28-11-13)22-19(23)24-9-5-8-14(24)12-6-3-2-4-7-12/h2-4,6-7,10-11,14,25H,5,8-9H2,1H3,(H,21,26)/t14-/m1/s1. The number of amides is 1. The van der Waals surface area contributed by atoms with Crippen molar-refractivity contribution in [2.45, 2.75) is 18.9 Å². The fourth-order valence-electron chi connectivity index (χ4n) is 3.48. The van der Waals surface area contributed by atoms with Crippen molar-refractivity contribution in [1.82, 2.24) is 14.7 Å². The number of hydrogen-bond acceptors (Lipinski definition) is 7. The Labute approximate surface area is 160 Å². The van der Waals surface area contributed by atoms with E-state index in [1.54, 1.807) is 0 Å².